The molecule has 2 aromatic heterocycles. The van der Waals surface area contributed by atoms with Crippen molar-refractivity contribution in [1.82, 2.24) is 14.6 Å². The van der Waals surface area contributed by atoms with E-state index in [0.717, 1.165) is 22.1 Å². The van der Waals surface area contributed by atoms with E-state index in [1.165, 1.54) is 6.42 Å². The van der Waals surface area contributed by atoms with Crippen LogP contribution in [0.4, 0.5) is 5.82 Å². The van der Waals surface area contributed by atoms with Gasteiger partial charge in [0.05, 0.1) is 5.92 Å². The van der Waals surface area contributed by atoms with Crippen molar-refractivity contribution < 1.29 is 9.90 Å². The number of aliphatic carboxylic acids is 1. The minimum absolute atomic E-state index is 0.0765. The summed E-state index contributed by atoms with van der Waals surface area (Å²) in [6, 6.07) is 3.81. The van der Waals surface area contributed by atoms with Crippen molar-refractivity contribution in [2.24, 2.45) is 29.6 Å². The summed E-state index contributed by atoms with van der Waals surface area (Å²) in [5, 5.41) is 17.7. The van der Waals surface area contributed by atoms with Crippen LogP contribution in [0.2, 0.25) is 5.28 Å². The van der Waals surface area contributed by atoms with Crippen LogP contribution in [0.15, 0.2) is 12.1 Å². The van der Waals surface area contributed by atoms with Gasteiger partial charge >= 0.3 is 5.97 Å². The zero-order valence-electron chi connectivity index (χ0n) is 12.7. The molecule has 8 heteroatoms. The number of halogens is 2. The van der Waals surface area contributed by atoms with Gasteiger partial charge < -0.3 is 10.4 Å². The molecule has 4 aliphatic carbocycles. The third-order valence-electron chi connectivity index (χ3n) is 6.16. The van der Waals surface area contributed by atoms with Crippen molar-refractivity contribution >= 4 is 51.5 Å². The summed E-state index contributed by atoms with van der Waals surface area (Å²) in [6.07, 6.45) is 3.35. The second kappa shape index (κ2) is 5.20. The number of anilines is 1. The van der Waals surface area contributed by atoms with Crippen molar-refractivity contribution in [1.29, 1.82) is 0 Å². The summed E-state index contributed by atoms with van der Waals surface area (Å²) < 4.78 is 2.69. The smallest absolute Gasteiger partial charge is 0.308 e. The van der Waals surface area contributed by atoms with E-state index < -0.39 is 5.97 Å². The summed E-state index contributed by atoms with van der Waals surface area (Å²) in [5.41, 5.74) is 0.835. The molecule has 2 heterocycles. The highest BCUT2D eigenvalue weighted by molar-refractivity contribution is 14.1. The van der Waals surface area contributed by atoms with Crippen LogP contribution < -0.4 is 5.32 Å². The molecule has 4 fully saturated rings. The summed E-state index contributed by atoms with van der Waals surface area (Å²) in [7, 11) is 0. The second-order valence-corrected chi connectivity index (χ2v) is 8.63. The van der Waals surface area contributed by atoms with Gasteiger partial charge in [-0.25, -0.2) is 4.52 Å². The first kappa shape index (κ1) is 15.2. The van der Waals surface area contributed by atoms with Crippen LogP contribution in [-0.2, 0) is 4.79 Å². The normalized spacial score (nSPS) is 36.6. The van der Waals surface area contributed by atoms with Gasteiger partial charge in [-0.2, -0.15) is 4.98 Å². The SMILES string of the molecule is O=C(O)[C@@H]1[C@@H](Nc2nc(Cl)nn3c(I)ccc23)[C@@H]2CC[C@H]1C1CC12. The highest BCUT2D eigenvalue weighted by Crippen LogP contribution is 2.64. The van der Waals surface area contributed by atoms with Gasteiger partial charge in [0.2, 0.25) is 5.28 Å². The summed E-state index contributed by atoms with van der Waals surface area (Å²) in [6.45, 7) is 0. The molecule has 126 valence electrons. The van der Waals surface area contributed by atoms with Crippen LogP contribution in [0.25, 0.3) is 5.52 Å². The van der Waals surface area contributed by atoms with Gasteiger partial charge in [0.25, 0.3) is 0 Å². The molecule has 2 bridgehead atoms. The molecular formula is C16H16ClIN4O2. The lowest BCUT2D eigenvalue weighted by atomic mass is 9.61. The monoisotopic (exact) mass is 458 g/mol. The molecule has 0 spiro atoms. The van der Waals surface area contributed by atoms with Crippen LogP contribution in [0.5, 0.6) is 0 Å². The molecule has 4 saturated carbocycles. The first-order valence-electron chi connectivity index (χ1n) is 8.24. The number of rotatable bonds is 3. The summed E-state index contributed by atoms with van der Waals surface area (Å²) in [5.74, 6) is 1.66. The van der Waals surface area contributed by atoms with Gasteiger partial charge in [-0.05, 0) is 89.3 Å². The number of nitrogens with zero attached hydrogens (tertiary/aromatic N) is 3. The standard InChI is InChI=1S/C16H16ClIN4O2/c17-16-20-14(10-3-4-11(18)22(10)21-16)19-13-7-2-1-6(8-5-9(7)8)12(13)15(23)24/h3-4,6-9,12-13H,1-2,5H2,(H,23,24)(H,19,20,21)/t6-,7+,8?,9?,12-,13-/m0/s1. The van der Waals surface area contributed by atoms with Crippen molar-refractivity contribution in [2.75, 3.05) is 5.32 Å². The Hall–Kier alpha value is -1.09. The Bertz CT molecular complexity index is 856. The highest BCUT2D eigenvalue weighted by Gasteiger charge is 2.63. The highest BCUT2D eigenvalue weighted by atomic mass is 127. The number of aromatic nitrogens is 3. The number of nitrogens with one attached hydrogen (secondary N) is 1. The van der Waals surface area contributed by atoms with E-state index in [-0.39, 0.29) is 17.2 Å². The summed E-state index contributed by atoms with van der Waals surface area (Å²) in [4.78, 5) is 16.3. The van der Waals surface area contributed by atoms with E-state index in [2.05, 4.69) is 38.0 Å². The van der Waals surface area contributed by atoms with Crippen LogP contribution in [0, 0.1) is 33.3 Å². The van der Waals surface area contributed by atoms with E-state index in [4.69, 9.17) is 11.6 Å². The quantitative estimate of drug-likeness (QED) is 0.691. The van der Waals surface area contributed by atoms with Gasteiger partial charge in [-0.3, -0.25) is 4.79 Å². The molecule has 4 aliphatic rings. The third kappa shape index (κ3) is 2.09. The summed E-state index contributed by atoms with van der Waals surface area (Å²) >= 11 is 8.28. The Labute approximate surface area is 157 Å². The van der Waals surface area contributed by atoms with Gasteiger partial charge in [0.1, 0.15) is 9.22 Å². The first-order valence-corrected chi connectivity index (χ1v) is 9.70. The Morgan fingerprint density at radius 1 is 1.29 bits per heavy atom. The fourth-order valence-electron chi connectivity index (χ4n) is 5.19. The lowest BCUT2D eigenvalue weighted by Gasteiger charge is -2.46. The zero-order valence-corrected chi connectivity index (χ0v) is 15.6. The van der Waals surface area contributed by atoms with Gasteiger partial charge in [-0.1, -0.05) is 0 Å². The third-order valence-corrected chi connectivity index (χ3v) is 7.14. The van der Waals surface area contributed by atoms with E-state index >= 15 is 0 Å². The molecule has 6 nitrogen and oxygen atoms in total. The largest absolute Gasteiger partial charge is 0.481 e. The number of fused-ring (bicyclic) bond motifs is 3. The molecule has 6 rings (SSSR count). The molecule has 6 atom stereocenters. The van der Waals surface area contributed by atoms with Gasteiger partial charge in [0.15, 0.2) is 5.82 Å². The Balaban J connectivity index is 1.56. The average Bonchev–Trinajstić information content (AvgIpc) is 3.28. The van der Waals surface area contributed by atoms with E-state index in [1.54, 1.807) is 4.52 Å². The van der Waals surface area contributed by atoms with Crippen LogP contribution in [0.3, 0.4) is 0 Å². The second-order valence-electron chi connectivity index (χ2n) is 7.19. The fourth-order valence-corrected chi connectivity index (χ4v) is 5.90. The molecular weight excluding hydrogens is 443 g/mol. The molecule has 0 amide bonds. The van der Waals surface area contributed by atoms with E-state index in [9.17, 15) is 9.90 Å². The molecule has 0 saturated heterocycles. The van der Waals surface area contributed by atoms with E-state index in [1.807, 2.05) is 12.1 Å². The van der Waals surface area contributed by atoms with Gasteiger partial charge in [-0.15, -0.1) is 5.10 Å². The topological polar surface area (TPSA) is 79.5 Å². The predicted molar refractivity (Wildman–Crippen MR) is 97.1 cm³/mol. The lowest BCUT2D eigenvalue weighted by molar-refractivity contribution is -0.148. The molecule has 2 unspecified atom stereocenters. The van der Waals surface area contributed by atoms with Crippen molar-refractivity contribution in [2.45, 2.75) is 25.3 Å². The Morgan fingerprint density at radius 3 is 2.83 bits per heavy atom. The van der Waals surface area contributed by atoms with Crippen LogP contribution in [0.1, 0.15) is 19.3 Å². The number of hydrogen-bond donors (Lipinski definition) is 2. The van der Waals surface area contributed by atoms with E-state index in [0.29, 0.717) is 29.5 Å². The molecule has 2 aromatic rings. The molecule has 2 N–H and O–H groups in total. The lowest BCUT2D eigenvalue weighted by Crippen LogP contribution is -2.52. The maximum atomic E-state index is 11.9. The molecule has 0 radical (unpaired) electrons. The zero-order chi connectivity index (χ0) is 16.6. The minimum Gasteiger partial charge on any atom is -0.481 e. The van der Waals surface area contributed by atoms with Crippen molar-refractivity contribution in [3.63, 3.8) is 0 Å². The van der Waals surface area contributed by atoms with Crippen LogP contribution >= 0.6 is 34.2 Å². The fraction of sp³-hybridized carbons (Fsp3) is 0.562. The van der Waals surface area contributed by atoms with Crippen LogP contribution in [-0.4, -0.2) is 31.7 Å². The maximum absolute atomic E-state index is 11.9. The number of carboxylic acids is 1. The van der Waals surface area contributed by atoms with Crippen molar-refractivity contribution in [3.8, 4) is 0 Å². The van der Waals surface area contributed by atoms with Gasteiger partial charge in [0, 0.05) is 6.04 Å². The number of hydrogen-bond acceptors (Lipinski definition) is 4. The number of carboxylic acid groups (broad SMARTS) is 1. The predicted octanol–water partition coefficient (Wildman–Crippen LogP) is 3.14. The Morgan fingerprint density at radius 2 is 2.04 bits per heavy atom. The minimum atomic E-state index is -0.686. The number of carbonyl (C=O) groups is 1. The first-order chi connectivity index (χ1) is 11.5. The Kier molecular flexibility index (Phi) is 3.29. The maximum Gasteiger partial charge on any atom is 0.308 e. The van der Waals surface area contributed by atoms with Crippen molar-refractivity contribution in [3.05, 3.63) is 21.1 Å². The average molecular weight is 459 g/mol. The molecule has 0 aromatic carbocycles. The molecule has 0 aliphatic heterocycles. The molecule has 24 heavy (non-hydrogen) atoms.